The summed E-state index contributed by atoms with van der Waals surface area (Å²) in [5.74, 6) is -0.199. The Morgan fingerprint density at radius 3 is 2.67 bits per heavy atom. The quantitative estimate of drug-likeness (QED) is 0.367. The number of aliphatic imine (C=N–C) groups is 1. The van der Waals surface area contributed by atoms with Crippen molar-refractivity contribution in [1.82, 2.24) is 4.72 Å². The minimum absolute atomic E-state index is 0.0227. The van der Waals surface area contributed by atoms with Gasteiger partial charge in [-0.2, -0.15) is 0 Å². The summed E-state index contributed by atoms with van der Waals surface area (Å²) in [7, 11) is -2.17. The zero-order chi connectivity index (χ0) is 13.6. The van der Waals surface area contributed by atoms with Gasteiger partial charge in [-0.1, -0.05) is 12.1 Å². The van der Waals surface area contributed by atoms with E-state index in [0.29, 0.717) is 0 Å². The zero-order valence-electron chi connectivity index (χ0n) is 9.96. The van der Waals surface area contributed by atoms with Gasteiger partial charge in [0.1, 0.15) is 4.90 Å². The zero-order valence-corrected chi connectivity index (χ0v) is 10.8. The molecule has 0 aliphatic rings. The first-order chi connectivity index (χ1) is 8.47. The molecule has 0 aromatic heterocycles. The fourth-order valence-electron chi connectivity index (χ4n) is 1.27. The van der Waals surface area contributed by atoms with Gasteiger partial charge in [-0.05, 0) is 12.1 Å². The first kappa shape index (κ1) is 14.4. The summed E-state index contributed by atoms with van der Waals surface area (Å²) in [6, 6.07) is 6.19. The maximum atomic E-state index is 12.0. The van der Waals surface area contributed by atoms with Crippen LogP contribution in [0.4, 0.5) is 5.69 Å². The lowest BCUT2D eigenvalue weighted by atomic mass is 10.3. The molecule has 0 fully saturated rings. The summed E-state index contributed by atoms with van der Waals surface area (Å²) in [6.45, 7) is 0.457. The Labute approximate surface area is 106 Å². The number of methoxy groups -OCH3 is 1. The number of nitrogens with one attached hydrogen (secondary N) is 1. The van der Waals surface area contributed by atoms with Gasteiger partial charge in [0, 0.05) is 13.7 Å². The lowest BCUT2D eigenvalue weighted by Crippen LogP contribution is -2.27. The van der Waals surface area contributed by atoms with Gasteiger partial charge in [-0.25, -0.2) is 18.1 Å². The molecule has 7 nitrogen and oxygen atoms in total. The van der Waals surface area contributed by atoms with Crippen LogP contribution < -0.4 is 16.2 Å². The van der Waals surface area contributed by atoms with E-state index < -0.39 is 10.0 Å². The Morgan fingerprint density at radius 1 is 1.39 bits per heavy atom. The van der Waals surface area contributed by atoms with E-state index in [2.05, 4.69) is 9.71 Å². The first-order valence-electron chi connectivity index (χ1n) is 5.14. The van der Waals surface area contributed by atoms with Gasteiger partial charge in [-0.3, -0.25) is 0 Å². The topological polar surface area (TPSA) is 120 Å². The van der Waals surface area contributed by atoms with Crippen molar-refractivity contribution < 1.29 is 13.2 Å². The second-order valence-corrected chi connectivity index (χ2v) is 5.13. The van der Waals surface area contributed by atoms with Crippen LogP contribution in [0.15, 0.2) is 34.2 Å². The molecule has 1 rings (SSSR count). The average molecular weight is 272 g/mol. The van der Waals surface area contributed by atoms with Crippen LogP contribution in [0.2, 0.25) is 0 Å². The van der Waals surface area contributed by atoms with Crippen LogP contribution in [0.5, 0.6) is 0 Å². The van der Waals surface area contributed by atoms with E-state index in [1.807, 2.05) is 0 Å². The van der Waals surface area contributed by atoms with Crippen molar-refractivity contribution in [2.24, 2.45) is 16.5 Å². The van der Waals surface area contributed by atoms with E-state index in [1.54, 1.807) is 12.1 Å². The van der Waals surface area contributed by atoms with Gasteiger partial charge in [0.15, 0.2) is 5.96 Å². The van der Waals surface area contributed by atoms with Crippen LogP contribution in [0.1, 0.15) is 0 Å². The second kappa shape index (κ2) is 6.34. The molecule has 1 aromatic rings. The lowest BCUT2D eigenvalue weighted by Gasteiger charge is -2.08. The van der Waals surface area contributed by atoms with Gasteiger partial charge < -0.3 is 16.2 Å². The van der Waals surface area contributed by atoms with E-state index in [1.165, 1.54) is 19.2 Å². The Morgan fingerprint density at radius 2 is 2.06 bits per heavy atom. The minimum Gasteiger partial charge on any atom is -0.383 e. The fraction of sp³-hybridized carbons (Fsp3) is 0.300. The van der Waals surface area contributed by atoms with Crippen LogP contribution in [0.3, 0.4) is 0 Å². The molecule has 0 saturated carbocycles. The Balaban J connectivity index is 3.05. The highest BCUT2D eigenvalue weighted by atomic mass is 32.2. The normalized spacial score (nSPS) is 11.2. The highest BCUT2D eigenvalue weighted by molar-refractivity contribution is 7.89. The largest absolute Gasteiger partial charge is 0.383 e. The molecule has 8 heteroatoms. The lowest BCUT2D eigenvalue weighted by molar-refractivity contribution is 0.204. The van der Waals surface area contributed by atoms with E-state index in [9.17, 15) is 8.42 Å². The molecule has 0 spiro atoms. The first-order valence-corrected chi connectivity index (χ1v) is 6.63. The summed E-state index contributed by atoms with van der Waals surface area (Å²) >= 11 is 0. The molecular formula is C10H16N4O3S. The number of rotatable bonds is 6. The van der Waals surface area contributed by atoms with Crippen molar-refractivity contribution in [3.8, 4) is 0 Å². The van der Waals surface area contributed by atoms with E-state index in [-0.39, 0.29) is 29.7 Å². The monoisotopic (exact) mass is 272 g/mol. The number of nitrogens with zero attached hydrogens (tertiary/aromatic N) is 1. The average Bonchev–Trinajstić information content (AvgIpc) is 2.29. The summed E-state index contributed by atoms with van der Waals surface area (Å²) in [5, 5.41) is 0. The molecule has 1 aromatic carbocycles. The van der Waals surface area contributed by atoms with Crippen LogP contribution in [0, 0.1) is 0 Å². The molecule has 0 atom stereocenters. The van der Waals surface area contributed by atoms with Gasteiger partial charge in [0.2, 0.25) is 10.0 Å². The van der Waals surface area contributed by atoms with Crippen molar-refractivity contribution in [3.63, 3.8) is 0 Å². The van der Waals surface area contributed by atoms with Gasteiger partial charge in [0.25, 0.3) is 0 Å². The molecule has 100 valence electrons. The molecular weight excluding hydrogens is 256 g/mol. The number of hydrogen-bond donors (Lipinski definition) is 3. The van der Waals surface area contributed by atoms with E-state index in [4.69, 9.17) is 16.2 Å². The molecule has 18 heavy (non-hydrogen) atoms. The smallest absolute Gasteiger partial charge is 0.242 e. The van der Waals surface area contributed by atoms with Crippen molar-refractivity contribution in [2.45, 2.75) is 4.90 Å². The third kappa shape index (κ3) is 3.99. The maximum absolute atomic E-state index is 12.0. The summed E-state index contributed by atoms with van der Waals surface area (Å²) < 4.78 is 31.1. The third-order valence-electron chi connectivity index (χ3n) is 2.00. The molecule has 0 bridgehead atoms. The summed E-state index contributed by atoms with van der Waals surface area (Å²) in [4.78, 5) is 3.80. The molecule has 0 heterocycles. The van der Waals surface area contributed by atoms with Crippen molar-refractivity contribution in [1.29, 1.82) is 0 Å². The molecule has 0 aliphatic carbocycles. The van der Waals surface area contributed by atoms with Gasteiger partial charge in [-0.15, -0.1) is 0 Å². The standard InChI is InChI=1S/C10H16N4O3S/c1-17-7-6-13-18(15,16)9-5-3-2-4-8(9)14-10(11)12/h2-5,13H,6-7H2,1H3,(H4,11,12,14). The van der Waals surface area contributed by atoms with Crippen LogP contribution >= 0.6 is 0 Å². The maximum Gasteiger partial charge on any atom is 0.242 e. The van der Waals surface area contributed by atoms with Crippen molar-refractivity contribution in [2.75, 3.05) is 20.3 Å². The number of hydrogen-bond acceptors (Lipinski definition) is 4. The molecule has 0 saturated heterocycles. The van der Waals surface area contributed by atoms with Gasteiger partial charge >= 0.3 is 0 Å². The third-order valence-corrected chi connectivity index (χ3v) is 3.51. The fourth-order valence-corrected chi connectivity index (χ4v) is 2.43. The van der Waals surface area contributed by atoms with Gasteiger partial charge in [0.05, 0.1) is 12.3 Å². The SMILES string of the molecule is COCCNS(=O)(=O)c1ccccc1N=C(N)N. The van der Waals surface area contributed by atoms with Crippen molar-refractivity contribution in [3.05, 3.63) is 24.3 Å². The summed E-state index contributed by atoms with van der Waals surface area (Å²) in [5.41, 5.74) is 10.7. The summed E-state index contributed by atoms with van der Waals surface area (Å²) in [6.07, 6.45) is 0. The number of sulfonamides is 1. The Kier molecular flexibility index (Phi) is 5.08. The highest BCUT2D eigenvalue weighted by Crippen LogP contribution is 2.23. The number of para-hydroxylation sites is 1. The Hall–Kier alpha value is -1.64. The van der Waals surface area contributed by atoms with Crippen LogP contribution in [-0.4, -0.2) is 34.6 Å². The number of ether oxygens (including phenoxy) is 1. The predicted octanol–water partition coefficient (Wildman–Crippen LogP) is -0.484. The van der Waals surface area contributed by atoms with E-state index >= 15 is 0 Å². The second-order valence-electron chi connectivity index (χ2n) is 3.39. The number of guanidine groups is 1. The molecule has 0 aliphatic heterocycles. The Bertz CT molecular complexity index is 524. The van der Waals surface area contributed by atoms with Crippen LogP contribution in [0.25, 0.3) is 0 Å². The molecule has 0 unspecified atom stereocenters. The van der Waals surface area contributed by atoms with E-state index in [0.717, 1.165) is 0 Å². The number of benzene rings is 1. The predicted molar refractivity (Wildman–Crippen MR) is 69.0 cm³/mol. The minimum atomic E-state index is -3.66. The molecule has 0 amide bonds. The molecule has 5 N–H and O–H groups in total. The van der Waals surface area contributed by atoms with Crippen LogP contribution in [-0.2, 0) is 14.8 Å². The number of nitrogens with two attached hydrogens (primary N) is 2. The highest BCUT2D eigenvalue weighted by Gasteiger charge is 2.17. The molecule has 0 radical (unpaired) electrons. The van der Waals surface area contributed by atoms with Crippen molar-refractivity contribution >= 4 is 21.7 Å².